The molecule has 0 spiro atoms. The Labute approximate surface area is 581 Å². The van der Waals surface area contributed by atoms with Crippen molar-refractivity contribution in [3.05, 3.63) is 221 Å². The third-order valence-electron chi connectivity index (χ3n) is 16.7. The number of halogens is 10. The van der Waals surface area contributed by atoms with Gasteiger partial charge in [0, 0.05) is 63.3 Å². The molecule has 0 bridgehead atoms. The number of carbonyl (C=O) groups is 2. The molecule has 102 heavy (non-hydrogen) atoms. The summed E-state index contributed by atoms with van der Waals surface area (Å²) in [6.07, 6.45) is 8.25. The monoisotopic (exact) mass is 1480 g/mol. The van der Waals surface area contributed by atoms with Crippen LogP contribution in [0.15, 0.2) is 119 Å². The predicted octanol–water partition coefficient (Wildman–Crippen LogP) is 10.1. The van der Waals surface area contributed by atoms with Crippen molar-refractivity contribution in [3.63, 3.8) is 0 Å². The van der Waals surface area contributed by atoms with Gasteiger partial charge in [-0.25, -0.2) is 61.9 Å². The molecule has 0 saturated heterocycles. The first-order valence-electron chi connectivity index (χ1n) is 31.0. The van der Waals surface area contributed by atoms with Crippen LogP contribution in [0.2, 0.25) is 10.0 Å². The van der Waals surface area contributed by atoms with E-state index in [1.807, 2.05) is 0 Å². The van der Waals surface area contributed by atoms with Crippen molar-refractivity contribution in [1.82, 2.24) is 68.9 Å². The number of anilines is 2. The van der Waals surface area contributed by atoms with E-state index in [0.29, 0.717) is 24.0 Å². The number of amides is 2. The molecule has 0 unspecified atom stereocenters. The van der Waals surface area contributed by atoms with Crippen molar-refractivity contribution < 1.29 is 61.5 Å². The van der Waals surface area contributed by atoms with Crippen molar-refractivity contribution in [3.8, 4) is 11.4 Å². The summed E-state index contributed by atoms with van der Waals surface area (Å²) in [7, 11) is -4.88. The molecule has 2 saturated carbocycles. The Hall–Kier alpha value is -10.6. The molecule has 528 valence electrons. The number of carbonyl (C=O) groups excluding carboxylic acids is 2. The summed E-state index contributed by atoms with van der Waals surface area (Å²) in [6.45, 7) is -0.593. The first kappa shape index (κ1) is 69.9. The van der Waals surface area contributed by atoms with Crippen molar-refractivity contribution >= 4 is 110 Å². The lowest BCUT2D eigenvalue weighted by atomic mass is 10.0. The molecule has 2 aliphatic carbocycles. The fourth-order valence-corrected chi connectivity index (χ4v) is 13.7. The predicted molar refractivity (Wildman–Crippen MR) is 360 cm³/mol. The van der Waals surface area contributed by atoms with Gasteiger partial charge in [0.15, 0.2) is 11.6 Å². The number of aromatic nitrogens is 12. The van der Waals surface area contributed by atoms with Gasteiger partial charge in [0.2, 0.25) is 31.9 Å². The second-order valence-corrected chi connectivity index (χ2v) is 28.9. The first-order valence-corrected chi connectivity index (χ1v) is 35.5. The highest BCUT2D eigenvalue weighted by molar-refractivity contribution is 7.92. The van der Waals surface area contributed by atoms with Crippen LogP contribution >= 0.6 is 23.2 Å². The quantitative estimate of drug-likeness (QED) is 0.0517. The molecule has 24 nitrogen and oxygen atoms in total. The van der Waals surface area contributed by atoms with Crippen LogP contribution < -0.4 is 31.2 Å². The van der Waals surface area contributed by atoms with Crippen LogP contribution in [0.1, 0.15) is 83.8 Å². The summed E-state index contributed by atoms with van der Waals surface area (Å²) >= 11 is 13.0. The standard InChI is InChI=1S/2C33H27ClF4N8O4S/c2*1-44-30-25(8-5-20(34)27(30)31(42-44)43-51(2,49)50)46-32(40-29-22(38)7-6-21(37)28(29)33(46)48)24(13-16-11-18(35)14-19(36)12-16)39-26(47)15-45-10-9-23(41-45)17-3-4-17/h2*5-12,14,17,24H,3-4,13,15H2,1-2H3,(H,39,47)(H,42,43)/t2*24-/m00/s1. The Balaban J connectivity index is 0.000000182. The van der Waals surface area contributed by atoms with Gasteiger partial charge in [-0.2, -0.15) is 20.4 Å². The van der Waals surface area contributed by atoms with E-state index < -0.39 is 123 Å². The van der Waals surface area contributed by atoms with Crippen LogP contribution in [0.25, 0.3) is 55.0 Å². The van der Waals surface area contributed by atoms with E-state index in [1.54, 1.807) is 24.5 Å². The molecule has 6 aromatic heterocycles. The van der Waals surface area contributed by atoms with Crippen LogP contribution in [0.3, 0.4) is 0 Å². The highest BCUT2D eigenvalue weighted by Crippen LogP contribution is 2.41. The SMILES string of the molecule is Cn1nc(NS(C)(=O)=O)c2c(Cl)ccc(-n3c([C@H](Cc4cc(F)cc(F)c4)NC(=O)Cn4ccc(C5CC5)n4)nc4c(F)ccc(F)c4c3=O)c21.Cn1nc(NS(C)(=O)=O)c2c(Cl)ccc(-n3c([C@H](Cc4cc(F)cc(F)c4)NC(=O)Cn4ccc(C5CC5)n4)nc4c(F)ccc(F)c4c3=O)c21. The van der Waals surface area contributed by atoms with Crippen LogP contribution in [0.4, 0.5) is 46.8 Å². The second-order valence-electron chi connectivity index (χ2n) is 24.6. The van der Waals surface area contributed by atoms with Crippen molar-refractivity contribution in [1.29, 1.82) is 0 Å². The maximum atomic E-state index is 15.4. The maximum absolute atomic E-state index is 15.4. The van der Waals surface area contributed by atoms with Crippen LogP contribution in [-0.2, 0) is 69.7 Å². The molecule has 12 aromatic rings. The number of hydrogen-bond acceptors (Lipinski definition) is 14. The van der Waals surface area contributed by atoms with Gasteiger partial charge in [0.25, 0.3) is 11.1 Å². The molecule has 36 heteroatoms. The van der Waals surface area contributed by atoms with E-state index in [1.165, 1.54) is 57.1 Å². The molecule has 4 N–H and O–H groups in total. The van der Waals surface area contributed by atoms with E-state index >= 15 is 17.6 Å². The van der Waals surface area contributed by atoms with Crippen molar-refractivity contribution in [2.75, 3.05) is 22.0 Å². The molecule has 14 rings (SSSR count). The van der Waals surface area contributed by atoms with Gasteiger partial charge in [-0.15, -0.1) is 0 Å². The molecule has 0 aliphatic heterocycles. The largest absolute Gasteiger partial charge is 0.344 e. The number of nitrogens with zero attached hydrogens (tertiary/aromatic N) is 12. The summed E-state index contributed by atoms with van der Waals surface area (Å²) in [4.78, 5) is 64.8. The summed E-state index contributed by atoms with van der Waals surface area (Å²) in [5, 5.41) is 21.5. The number of aryl methyl sites for hydroxylation is 2. The van der Waals surface area contributed by atoms with E-state index in [4.69, 9.17) is 23.2 Å². The highest BCUT2D eigenvalue weighted by atomic mass is 35.5. The number of rotatable bonds is 20. The average molecular weight is 1490 g/mol. The van der Waals surface area contributed by atoms with E-state index in [2.05, 4.69) is 50.4 Å². The fourth-order valence-electron chi connectivity index (χ4n) is 12.2. The minimum Gasteiger partial charge on any atom is -0.344 e. The van der Waals surface area contributed by atoms with Gasteiger partial charge < -0.3 is 10.6 Å². The average Bonchev–Trinajstić information content (AvgIpc) is 1.65. The van der Waals surface area contributed by atoms with Crippen LogP contribution in [-0.4, -0.2) is 99.4 Å². The summed E-state index contributed by atoms with van der Waals surface area (Å²) in [5.41, 5.74) is -1.80. The van der Waals surface area contributed by atoms with Crippen molar-refractivity contribution in [2.24, 2.45) is 14.1 Å². The molecule has 0 radical (unpaired) electrons. The van der Waals surface area contributed by atoms with Gasteiger partial charge in [0.1, 0.15) is 93.1 Å². The lowest BCUT2D eigenvalue weighted by Crippen LogP contribution is -2.37. The Morgan fingerprint density at radius 1 is 0.500 bits per heavy atom. The molecule has 6 aromatic carbocycles. The summed E-state index contributed by atoms with van der Waals surface area (Å²) in [6, 6.07) is 14.7. The van der Waals surface area contributed by atoms with Gasteiger partial charge in [0.05, 0.1) is 79.2 Å². The van der Waals surface area contributed by atoms with E-state index in [-0.39, 0.29) is 104 Å². The van der Waals surface area contributed by atoms with Crippen LogP contribution in [0.5, 0.6) is 0 Å². The Kier molecular flexibility index (Phi) is 18.5. The van der Waals surface area contributed by atoms with Gasteiger partial charge in [-0.05, 0) is 122 Å². The maximum Gasteiger partial charge on any atom is 0.269 e. The zero-order chi connectivity index (χ0) is 72.7. The third kappa shape index (κ3) is 14.5. The molecule has 2 aliphatic rings. The normalized spacial score (nSPS) is 13.9. The third-order valence-corrected chi connectivity index (χ3v) is 18.5. The van der Waals surface area contributed by atoms with Crippen molar-refractivity contribution in [2.45, 2.75) is 75.5 Å². The topological polar surface area (TPSA) is 292 Å². The molecule has 2 amide bonds. The first-order chi connectivity index (χ1) is 48.3. The van der Waals surface area contributed by atoms with Crippen LogP contribution in [0, 0.1) is 46.5 Å². The molecule has 2 atom stereocenters. The number of fused-ring (bicyclic) bond motifs is 4. The lowest BCUT2D eigenvalue weighted by Gasteiger charge is -2.24. The number of nitrogens with one attached hydrogen (secondary N) is 4. The second kappa shape index (κ2) is 27.1. The summed E-state index contributed by atoms with van der Waals surface area (Å²) in [5.74, 6) is -9.73. The molecule has 6 heterocycles. The molecular weight excluding hydrogens is 1430 g/mol. The number of sulfonamides is 2. The minimum absolute atomic E-state index is 0.0263. The minimum atomic E-state index is -3.87. The van der Waals surface area contributed by atoms with Gasteiger partial charge in [-0.1, -0.05) is 23.2 Å². The Bertz CT molecular complexity index is 5450. The Morgan fingerprint density at radius 3 is 1.20 bits per heavy atom. The van der Waals surface area contributed by atoms with E-state index in [9.17, 15) is 53.6 Å². The lowest BCUT2D eigenvalue weighted by molar-refractivity contribution is -0.123. The summed E-state index contributed by atoms with van der Waals surface area (Å²) < 4.78 is 179. The zero-order valence-electron chi connectivity index (χ0n) is 53.6. The highest BCUT2D eigenvalue weighted by Gasteiger charge is 2.34. The fraction of sp³-hybridized carbons (Fsp3) is 0.242. The number of benzene rings is 6. The molecule has 2 fully saturated rings. The smallest absolute Gasteiger partial charge is 0.269 e. The van der Waals surface area contributed by atoms with Gasteiger partial charge in [-0.3, -0.25) is 56.5 Å². The zero-order valence-corrected chi connectivity index (χ0v) is 56.7. The van der Waals surface area contributed by atoms with E-state index in [0.717, 1.165) is 107 Å². The van der Waals surface area contributed by atoms with Gasteiger partial charge >= 0.3 is 0 Å². The number of hydrogen-bond donors (Lipinski definition) is 4. The Morgan fingerprint density at radius 2 is 0.853 bits per heavy atom. The molecular formula is C66H54Cl2F8N16O8S2.